The first kappa shape index (κ1) is 12.5. The highest BCUT2D eigenvalue weighted by Crippen LogP contribution is 2.34. The van der Waals surface area contributed by atoms with Gasteiger partial charge in [0.1, 0.15) is 0 Å². The zero-order chi connectivity index (χ0) is 13.2. The molecule has 1 atom stereocenters. The third-order valence-electron chi connectivity index (χ3n) is 4.33. The van der Waals surface area contributed by atoms with Gasteiger partial charge in [-0.25, -0.2) is 4.79 Å². The van der Waals surface area contributed by atoms with Crippen molar-refractivity contribution in [2.45, 2.75) is 38.1 Å². The molecule has 1 heterocycles. The number of aromatic nitrogens is 2. The van der Waals surface area contributed by atoms with Crippen molar-refractivity contribution in [3.8, 4) is 0 Å². The first-order valence-corrected chi connectivity index (χ1v) is 7.17. The normalized spacial score (nSPS) is 18.8. The van der Waals surface area contributed by atoms with Gasteiger partial charge in [0.05, 0.1) is 11.0 Å². The number of benzene rings is 1. The maximum absolute atomic E-state index is 11.3. The Morgan fingerprint density at radius 2 is 1.89 bits per heavy atom. The number of aromatic amines is 2. The van der Waals surface area contributed by atoms with E-state index in [1.54, 1.807) is 0 Å². The van der Waals surface area contributed by atoms with E-state index < -0.39 is 0 Å². The molecule has 102 valence electrons. The van der Waals surface area contributed by atoms with E-state index in [0.717, 1.165) is 11.0 Å². The fourth-order valence-electron chi connectivity index (χ4n) is 3.39. The fraction of sp³-hybridized carbons (Fsp3) is 0.533. The molecule has 4 nitrogen and oxygen atoms in total. The smallest absolute Gasteiger partial charge is 0.313 e. The van der Waals surface area contributed by atoms with Crippen molar-refractivity contribution >= 4 is 11.0 Å². The van der Waals surface area contributed by atoms with Crippen LogP contribution in [0.1, 0.15) is 43.7 Å². The number of nitrogens with one attached hydrogen (secondary N) is 3. The Bertz CT molecular complexity index is 607. The summed E-state index contributed by atoms with van der Waals surface area (Å²) in [5.74, 6) is 0.710. The summed E-state index contributed by atoms with van der Waals surface area (Å²) in [5, 5.41) is 3.46. The average molecular weight is 259 g/mol. The Morgan fingerprint density at radius 3 is 2.63 bits per heavy atom. The van der Waals surface area contributed by atoms with E-state index in [1.807, 2.05) is 13.1 Å². The van der Waals surface area contributed by atoms with Crippen LogP contribution in [0.15, 0.2) is 23.0 Å². The van der Waals surface area contributed by atoms with Crippen LogP contribution in [0.25, 0.3) is 11.0 Å². The predicted molar refractivity (Wildman–Crippen MR) is 77.3 cm³/mol. The second-order valence-electron chi connectivity index (χ2n) is 5.55. The first-order valence-electron chi connectivity index (χ1n) is 7.17. The number of imidazole rings is 1. The number of rotatable bonds is 3. The molecule has 0 radical (unpaired) electrons. The van der Waals surface area contributed by atoms with E-state index in [0.29, 0.717) is 12.0 Å². The highest BCUT2D eigenvalue weighted by molar-refractivity contribution is 5.75. The lowest BCUT2D eigenvalue weighted by molar-refractivity contribution is 0.282. The fourth-order valence-corrected chi connectivity index (χ4v) is 3.39. The van der Waals surface area contributed by atoms with Crippen LogP contribution >= 0.6 is 0 Å². The third kappa shape index (κ3) is 2.45. The van der Waals surface area contributed by atoms with Gasteiger partial charge in [-0.15, -0.1) is 0 Å². The molecule has 1 aliphatic carbocycles. The molecule has 0 spiro atoms. The summed E-state index contributed by atoms with van der Waals surface area (Å²) in [4.78, 5) is 16.9. The molecule has 1 aromatic carbocycles. The molecule has 19 heavy (non-hydrogen) atoms. The van der Waals surface area contributed by atoms with Gasteiger partial charge in [0.2, 0.25) is 0 Å². The van der Waals surface area contributed by atoms with E-state index in [9.17, 15) is 4.79 Å². The topological polar surface area (TPSA) is 60.7 Å². The first-order chi connectivity index (χ1) is 9.28. The molecule has 0 saturated heterocycles. The van der Waals surface area contributed by atoms with Crippen LogP contribution in [0.2, 0.25) is 0 Å². The second-order valence-corrected chi connectivity index (χ2v) is 5.55. The van der Waals surface area contributed by atoms with Gasteiger partial charge in [-0.2, -0.15) is 0 Å². The lowest BCUT2D eigenvalue weighted by Crippen LogP contribution is -2.26. The molecule has 1 aliphatic rings. The van der Waals surface area contributed by atoms with Crippen LogP contribution in [0.4, 0.5) is 0 Å². The quantitative estimate of drug-likeness (QED) is 0.793. The van der Waals surface area contributed by atoms with Crippen molar-refractivity contribution in [3.63, 3.8) is 0 Å². The van der Waals surface area contributed by atoms with Crippen LogP contribution in [-0.2, 0) is 0 Å². The SMILES string of the molecule is CNC(c1ccc2[nH]c(=O)[nH]c2c1)C1CCCCC1. The zero-order valence-corrected chi connectivity index (χ0v) is 11.3. The van der Waals surface area contributed by atoms with Crippen molar-refractivity contribution in [2.24, 2.45) is 5.92 Å². The van der Waals surface area contributed by atoms with Gasteiger partial charge in [-0.1, -0.05) is 25.3 Å². The van der Waals surface area contributed by atoms with Gasteiger partial charge in [-0.3, -0.25) is 0 Å². The summed E-state index contributed by atoms with van der Waals surface area (Å²) in [6.07, 6.45) is 6.65. The Kier molecular flexibility index (Phi) is 3.42. The number of fused-ring (bicyclic) bond motifs is 1. The second kappa shape index (κ2) is 5.21. The van der Waals surface area contributed by atoms with Gasteiger partial charge in [0.15, 0.2) is 0 Å². The lowest BCUT2D eigenvalue weighted by Gasteiger charge is -2.30. The van der Waals surface area contributed by atoms with E-state index in [2.05, 4.69) is 27.4 Å². The van der Waals surface area contributed by atoms with Crippen LogP contribution in [0.3, 0.4) is 0 Å². The Hall–Kier alpha value is -1.55. The van der Waals surface area contributed by atoms with Gasteiger partial charge in [0.25, 0.3) is 0 Å². The highest BCUT2D eigenvalue weighted by atomic mass is 16.1. The summed E-state index contributed by atoms with van der Waals surface area (Å²) >= 11 is 0. The third-order valence-corrected chi connectivity index (χ3v) is 4.33. The molecule has 1 unspecified atom stereocenters. The Labute approximate surface area is 112 Å². The molecule has 0 bridgehead atoms. The summed E-state index contributed by atoms with van der Waals surface area (Å²) in [6, 6.07) is 6.61. The van der Waals surface area contributed by atoms with Crippen LogP contribution in [0.5, 0.6) is 0 Å². The molecule has 3 rings (SSSR count). The van der Waals surface area contributed by atoms with Gasteiger partial charge < -0.3 is 15.3 Å². The van der Waals surface area contributed by atoms with E-state index in [-0.39, 0.29) is 5.69 Å². The summed E-state index contributed by atoms with van der Waals surface area (Å²) < 4.78 is 0. The molecule has 3 N–H and O–H groups in total. The molecule has 4 heteroatoms. The molecule has 1 fully saturated rings. The minimum atomic E-state index is -0.133. The van der Waals surface area contributed by atoms with Crippen molar-refractivity contribution in [2.75, 3.05) is 7.05 Å². The predicted octanol–water partition coefficient (Wildman–Crippen LogP) is 2.70. The molecule has 0 aliphatic heterocycles. The summed E-state index contributed by atoms with van der Waals surface area (Å²) in [7, 11) is 2.03. The number of hydrogen-bond donors (Lipinski definition) is 3. The molecular formula is C15H21N3O. The largest absolute Gasteiger partial charge is 0.323 e. The molecule has 2 aromatic rings. The van der Waals surface area contributed by atoms with Crippen LogP contribution in [0, 0.1) is 5.92 Å². The number of hydrogen-bond acceptors (Lipinski definition) is 2. The van der Waals surface area contributed by atoms with Crippen molar-refractivity contribution in [1.29, 1.82) is 0 Å². The van der Waals surface area contributed by atoms with Crippen molar-refractivity contribution < 1.29 is 0 Å². The maximum Gasteiger partial charge on any atom is 0.323 e. The van der Waals surface area contributed by atoms with Gasteiger partial charge in [-0.05, 0) is 43.5 Å². The number of H-pyrrole nitrogens is 2. The zero-order valence-electron chi connectivity index (χ0n) is 11.3. The summed E-state index contributed by atoms with van der Waals surface area (Å²) in [6.45, 7) is 0. The molecule has 0 amide bonds. The standard InChI is InChI=1S/C15H21N3O/c1-16-14(10-5-3-2-4-6-10)11-7-8-12-13(9-11)18-15(19)17-12/h7-10,14,16H,2-6H2,1H3,(H2,17,18,19). The monoisotopic (exact) mass is 259 g/mol. The molecule has 1 aromatic heterocycles. The van der Waals surface area contributed by atoms with Gasteiger partial charge >= 0.3 is 5.69 Å². The van der Waals surface area contributed by atoms with Crippen molar-refractivity contribution in [3.05, 3.63) is 34.2 Å². The van der Waals surface area contributed by atoms with Crippen molar-refractivity contribution in [1.82, 2.24) is 15.3 Å². The van der Waals surface area contributed by atoms with Crippen LogP contribution in [-0.4, -0.2) is 17.0 Å². The van der Waals surface area contributed by atoms with E-state index in [1.165, 1.54) is 37.7 Å². The highest BCUT2D eigenvalue weighted by Gasteiger charge is 2.23. The molecule has 1 saturated carbocycles. The van der Waals surface area contributed by atoms with E-state index >= 15 is 0 Å². The Morgan fingerprint density at radius 1 is 1.16 bits per heavy atom. The Balaban J connectivity index is 1.93. The van der Waals surface area contributed by atoms with E-state index in [4.69, 9.17) is 0 Å². The average Bonchev–Trinajstić information content (AvgIpc) is 2.80. The van der Waals surface area contributed by atoms with Gasteiger partial charge in [0, 0.05) is 6.04 Å². The minimum absolute atomic E-state index is 0.133. The summed E-state index contributed by atoms with van der Waals surface area (Å²) in [5.41, 5.74) is 2.92. The minimum Gasteiger partial charge on any atom is -0.313 e. The lowest BCUT2D eigenvalue weighted by atomic mass is 9.81. The molecular weight excluding hydrogens is 238 g/mol. The van der Waals surface area contributed by atoms with Crippen LogP contribution < -0.4 is 11.0 Å². The maximum atomic E-state index is 11.3.